The minimum atomic E-state index is -0.0914. The van der Waals surface area contributed by atoms with Crippen LogP contribution in [0, 0.1) is 0 Å². The first-order chi connectivity index (χ1) is 10.6. The second-order valence-electron chi connectivity index (χ2n) is 5.50. The summed E-state index contributed by atoms with van der Waals surface area (Å²) in [5, 5.41) is 2.90. The first-order valence-electron chi connectivity index (χ1n) is 7.44. The fraction of sp³-hybridized carbons (Fsp3) is 0.294. The van der Waals surface area contributed by atoms with Gasteiger partial charge in [0, 0.05) is 38.4 Å². The fourth-order valence-electron chi connectivity index (χ4n) is 2.68. The van der Waals surface area contributed by atoms with Crippen molar-refractivity contribution in [3.63, 3.8) is 0 Å². The molecule has 0 aliphatic carbocycles. The molecule has 0 unspecified atom stereocenters. The molecule has 1 N–H and O–H groups in total. The molecule has 3 rings (SSSR count). The van der Waals surface area contributed by atoms with Crippen LogP contribution in [-0.4, -0.2) is 22.9 Å². The quantitative estimate of drug-likeness (QED) is 0.939. The number of amides is 2. The van der Waals surface area contributed by atoms with Gasteiger partial charge in [0.2, 0.25) is 5.91 Å². The van der Waals surface area contributed by atoms with Gasteiger partial charge in [0.25, 0.3) is 5.91 Å². The first kappa shape index (κ1) is 14.4. The Labute approximate surface area is 129 Å². The maximum absolute atomic E-state index is 12.0. The molecule has 1 aromatic carbocycles. The number of benzene rings is 1. The lowest BCUT2D eigenvalue weighted by atomic mass is 10.2. The molecule has 2 aromatic rings. The molecule has 1 aromatic heterocycles. The number of hydrogen-bond acceptors (Lipinski definition) is 2. The van der Waals surface area contributed by atoms with E-state index in [1.54, 1.807) is 10.6 Å². The van der Waals surface area contributed by atoms with Crippen molar-refractivity contribution in [1.82, 2.24) is 9.88 Å². The molecular formula is C17H19N3O2. The lowest BCUT2D eigenvalue weighted by molar-refractivity contribution is -0.117. The van der Waals surface area contributed by atoms with Gasteiger partial charge in [-0.2, -0.15) is 0 Å². The molecule has 0 spiro atoms. The van der Waals surface area contributed by atoms with Gasteiger partial charge in [-0.1, -0.05) is 12.1 Å². The molecular weight excluding hydrogens is 278 g/mol. The molecule has 2 amide bonds. The Morgan fingerprint density at radius 3 is 2.59 bits per heavy atom. The molecule has 0 bridgehead atoms. The summed E-state index contributed by atoms with van der Waals surface area (Å²) < 4.78 is 1.79. The monoisotopic (exact) mass is 297 g/mol. The van der Waals surface area contributed by atoms with Crippen molar-refractivity contribution in [2.75, 3.05) is 11.4 Å². The normalized spacial score (nSPS) is 14.4. The summed E-state index contributed by atoms with van der Waals surface area (Å²) in [6.45, 7) is 1.26. The highest BCUT2D eigenvalue weighted by molar-refractivity contribution is 5.95. The van der Waals surface area contributed by atoms with E-state index in [2.05, 4.69) is 5.32 Å². The predicted octanol–water partition coefficient (Wildman–Crippen LogP) is 2.08. The summed E-state index contributed by atoms with van der Waals surface area (Å²) in [6, 6.07) is 11.4. The SMILES string of the molecule is Cn1cccc1C(=O)NCc1ccc(N2CCCC2=O)cc1. The molecule has 1 aliphatic heterocycles. The zero-order valence-electron chi connectivity index (χ0n) is 12.6. The second kappa shape index (κ2) is 6.05. The van der Waals surface area contributed by atoms with Gasteiger partial charge in [0.05, 0.1) is 0 Å². The molecule has 0 radical (unpaired) electrons. The lowest BCUT2D eigenvalue weighted by Crippen LogP contribution is -2.25. The Hall–Kier alpha value is -2.56. The molecule has 0 atom stereocenters. The Bertz CT molecular complexity index is 688. The zero-order valence-corrected chi connectivity index (χ0v) is 12.6. The average molecular weight is 297 g/mol. The van der Waals surface area contributed by atoms with Crippen LogP contribution in [0.25, 0.3) is 0 Å². The van der Waals surface area contributed by atoms with E-state index >= 15 is 0 Å². The predicted molar refractivity (Wildman–Crippen MR) is 84.6 cm³/mol. The van der Waals surface area contributed by atoms with Crippen molar-refractivity contribution >= 4 is 17.5 Å². The van der Waals surface area contributed by atoms with Crippen LogP contribution < -0.4 is 10.2 Å². The van der Waals surface area contributed by atoms with Crippen LogP contribution >= 0.6 is 0 Å². The van der Waals surface area contributed by atoms with Crippen molar-refractivity contribution in [2.24, 2.45) is 7.05 Å². The minimum Gasteiger partial charge on any atom is -0.347 e. The van der Waals surface area contributed by atoms with Crippen LogP contribution in [0.2, 0.25) is 0 Å². The summed E-state index contributed by atoms with van der Waals surface area (Å²) in [7, 11) is 1.84. The van der Waals surface area contributed by atoms with Gasteiger partial charge in [-0.15, -0.1) is 0 Å². The van der Waals surface area contributed by atoms with Crippen LogP contribution in [0.4, 0.5) is 5.69 Å². The molecule has 0 saturated carbocycles. The smallest absolute Gasteiger partial charge is 0.268 e. The van der Waals surface area contributed by atoms with Crippen LogP contribution in [0.15, 0.2) is 42.6 Å². The third-order valence-corrected chi connectivity index (χ3v) is 3.95. The van der Waals surface area contributed by atoms with Crippen molar-refractivity contribution in [1.29, 1.82) is 0 Å². The topological polar surface area (TPSA) is 54.3 Å². The third kappa shape index (κ3) is 2.88. The molecule has 1 fully saturated rings. The van der Waals surface area contributed by atoms with Gasteiger partial charge in [-0.25, -0.2) is 0 Å². The summed E-state index contributed by atoms with van der Waals surface area (Å²) in [4.78, 5) is 25.6. The molecule has 5 heteroatoms. The second-order valence-corrected chi connectivity index (χ2v) is 5.50. The maximum atomic E-state index is 12.0. The van der Waals surface area contributed by atoms with Crippen molar-refractivity contribution in [2.45, 2.75) is 19.4 Å². The maximum Gasteiger partial charge on any atom is 0.268 e. The Kier molecular flexibility index (Phi) is 3.96. The molecule has 22 heavy (non-hydrogen) atoms. The standard InChI is InChI=1S/C17H19N3O2/c1-19-10-2-4-15(19)17(22)18-12-13-6-8-14(9-7-13)20-11-3-5-16(20)21/h2,4,6-10H,3,5,11-12H2,1H3,(H,18,22). The molecule has 5 nitrogen and oxygen atoms in total. The lowest BCUT2D eigenvalue weighted by Gasteiger charge is -2.16. The van der Waals surface area contributed by atoms with Crippen LogP contribution in [0.3, 0.4) is 0 Å². The van der Waals surface area contributed by atoms with E-state index in [1.165, 1.54) is 0 Å². The summed E-state index contributed by atoms with van der Waals surface area (Å²) in [5.74, 6) is 0.0936. The van der Waals surface area contributed by atoms with Crippen LogP contribution in [-0.2, 0) is 18.4 Å². The van der Waals surface area contributed by atoms with E-state index in [4.69, 9.17) is 0 Å². The highest BCUT2D eigenvalue weighted by atomic mass is 16.2. The molecule has 1 aliphatic rings. The van der Waals surface area contributed by atoms with E-state index in [0.29, 0.717) is 18.7 Å². The number of anilines is 1. The Morgan fingerprint density at radius 1 is 1.23 bits per heavy atom. The Balaban J connectivity index is 1.61. The largest absolute Gasteiger partial charge is 0.347 e. The van der Waals surface area contributed by atoms with Gasteiger partial charge in [0.15, 0.2) is 0 Å². The number of aryl methyl sites for hydroxylation is 1. The van der Waals surface area contributed by atoms with Gasteiger partial charge >= 0.3 is 0 Å². The van der Waals surface area contributed by atoms with E-state index in [0.717, 1.165) is 24.2 Å². The van der Waals surface area contributed by atoms with Crippen molar-refractivity contribution in [3.05, 3.63) is 53.9 Å². The molecule has 1 saturated heterocycles. The van der Waals surface area contributed by atoms with Crippen molar-refractivity contribution in [3.8, 4) is 0 Å². The van der Waals surface area contributed by atoms with E-state index in [-0.39, 0.29) is 11.8 Å². The Morgan fingerprint density at radius 2 is 2.00 bits per heavy atom. The average Bonchev–Trinajstić information content (AvgIpc) is 3.14. The number of hydrogen-bond donors (Lipinski definition) is 1. The summed E-state index contributed by atoms with van der Waals surface area (Å²) in [6.07, 6.45) is 3.40. The third-order valence-electron chi connectivity index (χ3n) is 3.95. The van der Waals surface area contributed by atoms with Crippen molar-refractivity contribution < 1.29 is 9.59 Å². The number of nitrogens with zero attached hydrogens (tertiary/aromatic N) is 2. The minimum absolute atomic E-state index is 0.0914. The zero-order chi connectivity index (χ0) is 15.5. The molecule has 2 heterocycles. The number of rotatable bonds is 4. The highest BCUT2D eigenvalue weighted by Crippen LogP contribution is 2.21. The molecule has 114 valence electrons. The first-order valence-corrected chi connectivity index (χ1v) is 7.44. The number of carbonyl (C=O) groups is 2. The van der Waals surface area contributed by atoms with E-state index in [9.17, 15) is 9.59 Å². The van der Waals surface area contributed by atoms with Gasteiger partial charge in [-0.3, -0.25) is 9.59 Å². The number of aromatic nitrogens is 1. The number of nitrogens with one attached hydrogen (secondary N) is 1. The van der Waals surface area contributed by atoms with Gasteiger partial charge in [-0.05, 0) is 36.2 Å². The van der Waals surface area contributed by atoms with Gasteiger partial charge < -0.3 is 14.8 Å². The summed E-state index contributed by atoms with van der Waals surface area (Å²) >= 11 is 0. The fourth-order valence-corrected chi connectivity index (χ4v) is 2.68. The van der Waals surface area contributed by atoms with Gasteiger partial charge in [0.1, 0.15) is 5.69 Å². The summed E-state index contributed by atoms with van der Waals surface area (Å²) in [5.41, 5.74) is 2.58. The van der Waals surface area contributed by atoms with Crippen LogP contribution in [0.1, 0.15) is 28.9 Å². The van der Waals surface area contributed by atoms with Crippen LogP contribution in [0.5, 0.6) is 0 Å². The van der Waals surface area contributed by atoms with E-state index < -0.39 is 0 Å². The highest BCUT2D eigenvalue weighted by Gasteiger charge is 2.21. The number of carbonyl (C=O) groups excluding carboxylic acids is 2. The van der Waals surface area contributed by atoms with E-state index in [1.807, 2.05) is 48.5 Å².